The molecule has 2 rings (SSSR count). The summed E-state index contributed by atoms with van der Waals surface area (Å²) in [6.07, 6.45) is 2.51. The maximum Gasteiger partial charge on any atom is 0.251 e. The second-order valence-corrected chi connectivity index (χ2v) is 5.38. The van der Waals surface area contributed by atoms with Crippen molar-refractivity contribution in [2.75, 3.05) is 19.6 Å². The second-order valence-electron chi connectivity index (χ2n) is 5.38. The lowest BCUT2D eigenvalue weighted by molar-refractivity contribution is 0.0931. The minimum absolute atomic E-state index is 0.119. The van der Waals surface area contributed by atoms with E-state index < -0.39 is 0 Å². The van der Waals surface area contributed by atoms with Crippen LogP contribution in [-0.4, -0.2) is 41.6 Å². The van der Waals surface area contributed by atoms with E-state index in [1.54, 1.807) is 12.1 Å². The zero-order valence-electron chi connectivity index (χ0n) is 11.6. The molecule has 19 heavy (non-hydrogen) atoms. The molecule has 104 valence electrons. The molecule has 0 aromatic heterocycles. The molecule has 4 nitrogen and oxygen atoms in total. The Morgan fingerprint density at radius 1 is 1.42 bits per heavy atom. The van der Waals surface area contributed by atoms with E-state index in [0.29, 0.717) is 5.56 Å². The van der Waals surface area contributed by atoms with Gasteiger partial charge in [-0.2, -0.15) is 0 Å². The Morgan fingerprint density at radius 2 is 2.11 bits per heavy atom. The van der Waals surface area contributed by atoms with E-state index >= 15 is 0 Å². The molecular weight excluding hydrogens is 240 g/mol. The van der Waals surface area contributed by atoms with Crippen molar-refractivity contribution in [2.45, 2.75) is 32.7 Å². The lowest BCUT2D eigenvalue weighted by Crippen LogP contribution is -2.41. The molecule has 2 N–H and O–H groups in total. The molecule has 1 amide bonds. The zero-order valence-corrected chi connectivity index (χ0v) is 11.6. The standard InChI is InChI=1S/C15H22N2O2/c1-11-5-6-13(9-14(11)18)15(19)16-12(2)10-17-7-3-4-8-17/h5-6,9,12,18H,3-4,7-8,10H2,1-2H3,(H,16,19). The van der Waals surface area contributed by atoms with E-state index in [2.05, 4.69) is 10.2 Å². The summed E-state index contributed by atoms with van der Waals surface area (Å²) in [6, 6.07) is 5.14. The molecule has 1 atom stereocenters. The second kappa shape index (κ2) is 6.06. The zero-order chi connectivity index (χ0) is 13.8. The van der Waals surface area contributed by atoms with Gasteiger partial charge in [0.1, 0.15) is 5.75 Å². The Balaban J connectivity index is 1.90. The van der Waals surface area contributed by atoms with Crippen molar-refractivity contribution in [1.82, 2.24) is 10.2 Å². The summed E-state index contributed by atoms with van der Waals surface area (Å²) < 4.78 is 0. The molecule has 1 aromatic rings. The van der Waals surface area contributed by atoms with Gasteiger partial charge in [-0.25, -0.2) is 0 Å². The highest BCUT2D eigenvalue weighted by molar-refractivity contribution is 5.94. The molecule has 0 saturated carbocycles. The van der Waals surface area contributed by atoms with Crippen LogP contribution in [0.5, 0.6) is 5.75 Å². The van der Waals surface area contributed by atoms with E-state index in [0.717, 1.165) is 25.2 Å². The quantitative estimate of drug-likeness (QED) is 0.871. The first kappa shape index (κ1) is 13.9. The number of nitrogens with zero attached hydrogens (tertiary/aromatic N) is 1. The van der Waals surface area contributed by atoms with Gasteiger partial charge in [-0.1, -0.05) is 6.07 Å². The van der Waals surface area contributed by atoms with Gasteiger partial charge >= 0.3 is 0 Å². The fourth-order valence-corrected chi connectivity index (χ4v) is 2.46. The Bertz CT molecular complexity index is 453. The summed E-state index contributed by atoms with van der Waals surface area (Å²) in [6.45, 7) is 6.98. The lowest BCUT2D eigenvalue weighted by Gasteiger charge is -2.21. The van der Waals surface area contributed by atoms with Gasteiger partial charge in [0.05, 0.1) is 0 Å². The average Bonchev–Trinajstić information content (AvgIpc) is 2.85. The third-order valence-electron chi connectivity index (χ3n) is 3.58. The van der Waals surface area contributed by atoms with E-state index in [4.69, 9.17) is 0 Å². The number of aryl methyl sites for hydroxylation is 1. The van der Waals surface area contributed by atoms with E-state index in [1.807, 2.05) is 13.8 Å². The SMILES string of the molecule is Cc1ccc(C(=O)NC(C)CN2CCCC2)cc1O. The van der Waals surface area contributed by atoms with E-state index in [9.17, 15) is 9.90 Å². The van der Waals surface area contributed by atoms with Gasteiger partial charge < -0.3 is 15.3 Å². The normalized spacial score (nSPS) is 17.4. The van der Waals surface area contributed by atoms with Gasteiger partial charge in [0.25, 0.3) is 5.91 Å². The van der Waals surface area contributed by atoms with Crippen LogP contribution >= 0.6 is 0 Å². The van der Waals surface area contributed by atoms with Crippen molar-refractivity contribution in [1.29, 1.82) is 0 Å². The average molecular weight is 262 g/mol. The minimum atomic E-state index is -0.123. The summed E-state index contributed by atoms with van der Waals surface area (Å²) in [5.41, 5.74) is 1.29. The maximum absolute atomic E-state index is 12.1. The molecule has 1 aromatic carbocycles. The number of benzene rings is 1. The van der Waals surface area contributed by atoms with Crippen LogP contribution in [0.25, 0.3) is 0 Å². The molecule has 1 unspecified atom stereocenters. The molecule has 0 bridgehead atoms. The Hall–Kier alpha value is -1.55. The third-order valence-corrected chi connectivity index (χ3v) is 3.58. The highest BCUT2D eigenvalue weighted by Gasteiger charge is 2.16. The lowest BCUT2D eigenvalue weighted by atomic mass is 10.1. The molecule has 0 spiro atoms. The van der Waals surface area contributed by atoms with Crippen molar-refractivity contribution >= 4 is 5.91 Å². The van der Waals surface area contributed by atoms with Crippen molar-refractivity contribution in [3.8, 4) is 5.75 Å². The molecule has 4 heteroatoms. The molecule has 1 fully saturated rings. The first-order valence-corrected chi connectivity index (χ1v) is 6.89. The maximum atomic E-state index is 12.1. The van der Waals surface area contributed by atoms with Gasteiger partial charge in [0.2, 0.25) is 0 Å². The smallest absolute Gasteiger partial charge is 0.251 e. The van der Waals surface area contributed by atoms with Crippen molar-refractivity contribution < 1.29 is 9.90 Å². The number of hydrogen-bond acceptors (Lipinski definition) is 3. The monoisotopic (exact) mass is 262 g/mol. The number of nitrogens with one attached hydrogen (secondary N) is 1. The summed E-state index contributed by atoms with van der Waals surface area (Å²) in [5.74, 6) is 0.0434. The van der Waals surface area contributed by atoms with Crippen LogP contribution in [0.2, 0.25) is 0 Å². The summed E-state index contributed by atoms with van der Waals surface area (Å²) in [4.78, 5) is 14.4. The molecule has 0 aliphatic carbocycles. The third kappa shape index (κ3) is 3.70. The summed E-state index contributed by atoms with van der Waals surface area (Å²) >= 11 is 0. The summed E-state index contributed by atoms with van der Waals surface area (Å²) in [7, 11) is 0. The van der Waals surface area contributed by atoms with Gasteiger partial charge in [-0.15, -0.1) is 0 Å². The van der Waals surface area contributed by atoms with Gasteiger partial charge in [0, 0.05) is 18.2 Å². The van der Waals surface area contributed by atoms with E-state index in [1.165, 1.54) is 18.9 Å². The number of hydrogen-bond donors (Lipinski definition) is 2. The van der Waals surface area contributed by atoms with Crippen LogP contribution in [0.4, 0.5) is 0 Å². The number of phenolic OH excluding ortho intramolecular Hbond substituents is 1. The van der Waals surface area contributed by atoms with E-state index in [-0.39, 0.29) is 17.7 Å². The van der Waals surface area contributed by atoms with Crippen molar-refractivity contribution in [3.63, 3.8) is 0 Å². The van der Waals surface area contributed by atoms with Crippen molar-refractivity contribution in [3.05, 3.63) is 29.3 Å². The van der Waals surface area contributed by atoms with Crippen molar-refractivity contribution in [2.24, 2.45) is 0 Å². The number of amides is 1. The first-order chi connectivity index (χ1) is 9.06. The number of carbonyl (C=O) groups is 1. The van der Waals surface area contributed by atoms with Crippen LogP contribution in [0.1, 0.15) is 35.7 Å². The number of rotatable bonds is 4. The van der Waals surface area contributed by atoms with Crippen LogP contribution in [0.3, 0.4) is 0 Å². The molecule has 1 aliphatic heterocycles. The largest absolute Gasteiger partial charge is 0.508 e. The van der Waals surface area contributed by atoms with Gasteiger partial charge in [-0.05, 0) is 57.5 Å². The van der Waals surface area contributed by atoms with Crippen LogP contribution in [0.15, 0.2) is 18.2 Å². The predicted molar refractivity (Wildman–Crippen MR) is 75.4 cm³/mol. The highest BCUT2D eigenvalue weighted by atomic mass is 16.3. The first-order valence-electron chi connectivity index (χ1n) is 6.89. The predicted octanol–water partition coefficient (Wildman–Crippen LogP) is 1.91. The Kier molecular flexibility index (Phi) is 4.43. The van der Waals surface area contributed by atoms with Crippen LogP contribution < -0.4 is 5.32 Å². The molecule has 0 radical (unpaired) electrons. The Labute approximate surface area is 114 Å². The Morgan fingerprint density at radius 3 is 2.74 bits per heavy atom. The number of likely N-dealkylation sites (tertiary alicyclic amines) is 1. The fourth-order valence-electron chi connectivity index (χ4n) is 2.46. The fraction of sp³-hybridized carbons (Fsp3) is 0.533. The molecule has 1 heterocycles. The number of carbonyl (C=O) groups excluding carboxylic acids is 1. The molecule has 1 aliphatic rings. The summed E-state index contributed by atoms with van der Waals surface area (Å²) in [5, 5.41) is 12.6. The van der Waals surface area contributed by atoms with Crippen LogP contribution in [0, 0.1) is 6.92 Å². The highest BCUT2D eigenvalue weighted by Crippen LogP contribution is 2.17. The molecular formula is C15H22N2O2. The molecule has 1 saturated heterocycles. The van der Waals surface area contributed by atoms with Gasteiger partial charge in [0.15, 0.2) is 0 Å². The minimum Gasteiger partial charge on any atom is -0.508 e. The van der Waals surface area contributed by atoms with Crippen LogP contribution in [-0.2, 0) is 0 Å². The topological polar surface area (TPSA) is 52.6 Å². The van der Waals surface area contributed by atoms with Gasteiger partial charge in [-0.3, -0.25) is 4.79 Å². The number of aromatic hydroxyl groups is 1. The number of phenols is 1.